The van der Waals surface area contributed by atoms with Crippen LogP contribution in [0, 0.1) is 17.3 Å². The lowest BCUT2D eigenvalue weighted by atomic mass is 9.80. The van der Waals surface area contributed by atoms with E-state index in [4.69, 9.17) is 0 Å². The number of benzene rings is 1. The van der Waals surface area contributed by atoms with Crippen molar-refractivity contribution in [2.45, 2.75) is 59.8 Å². The first-order valence-corrected chi connectivity index (χ1v) is 8.27. The van der Waals surface area contributed by atoms with Crippen LogP contribution < -0.4 is 0 Å². The second kappa shape index (κ2) is 5.06. The van der Waals surface area contributed by atoms with Gasteiger partial charge in [-0.1, -0.05) is 52.0 Å². The summed E-state index contributed by atoms with van der Waals surface area (Å²) in [5.74, 6) is 2.28. The molecule has 0 heterocycles. The highest BCUT2D eigenvalue weighted by molar-refractivity contribution is 5.70. The molecule has 107 valence electrons. The molecule has 3 rings (SSSR count). The van der Waals surface area contributed by atoms with Gasteiger partial charge in [-0.3, -0.25) is 0 Å². The molecule has 2 aliphatic carbocycles. The van der Waals surface area contributed by atoms with E-state index in [1.54, 1.807) is 17.0 Å². The average molecular weight is 267 g/mol. The molecule has 20 heavy (non-hydrogen) atoms. The summed E-state index contributed by atoms with van der Waals surface area (Å²) in [4.78, 5) is 0. The standard InChI is InChI=1S/C20H27/c1-5-20(6-2)12-17-10-16-8-7-15(9-14(3)4)19(16)11-18(17)13-20/h7-8,10-11,14H,5-6,9,12-13H2,1-4H3. The van der Waals surface area contributed by atoms with E-state index in [1.165, 1.54) is 43.2 Å². The Hall–Kier alpha value is -1.04. The number of fused-ring (bicyclic) bond motifs is 2. The molecule has 0 atom stereocenters. The van der Waals surface area contributed by atoms with E-state index < -0.39 is 0 Å². The van der Waals surface area contributed by atoms with Gasteiger partial charge in [-0.25, -0.2) is 0 Å². The zero-order chi connectivity index (χ0) is 14.3. The SMILES string of the molecule is CCC1(CC)Cc2cc3c(cc2C1)[C](CC(C)C)C=C3. The lowest BCUT2D eigenvalue weighted by molar-refractivity contribution is 0.280. The number of hydrogen-bond donors (Lipinski definition) is 0. The van der Waals surface area contributed by atoms with Gasteiger partial charge in [-0.05, 0) is 65.7 Å². The molecule has 0 nitrogen and oxygen atoms in total. The maximum atomic E-state index is 2.51. The van der Waals surface area contributed by atoms with Gasteiger partial charge in [0.15, 0.2) is 0 Å². The molecular formula is C20H27. The molecule has 0 heteroatoms. The Labute approximate surface area is 124 Å². The Bertz CT molecular complexity index is 529. The average Bonchev–Trinajstić information content (AvgIpc) is 2.97. The molecule has 0 fully saturated rings. The molecule has 0 aliphatic heterocycles. The highest BCUT2D eigenvalue weighted by Gasteiger charge is 2.35. The summed E-state index contributed by atoms with van der Waals surface area (Å²) < 4.78 is 0. The Balaban J connectivity index is 1.92. The summed E-state index contributed by atoms with van der Waals surface area (Å²) in [5.41, 5.74) is 6.75. The second-order valence-electron chi connectivity index (χ2n) is 7.23. The van der Waals surface area contributed by atoms with Crippen LogP contribution in [0.1, 0.15) is 69.2 Å². The van der Waals surface area contributed by atoms with Crippen LogP contribution in [-0.2, 0) is 12.8 Å². The van der Waals surface area contributed by atoms with Crippen molar-refractivity contribution >= 4 is 6.08 Å². The van der Waals surface area contributed by atoms with Gasteiger partial charge in [0.05, 0.1) is 0 Å². The maximum absolute atomic E-state index is 2.51. The molecule has 2 aliphatic rings. The van der Waals surface area contributed by atoms with Gasteiger partial charge in [0.25, 0.3) is 0 Å². The molecule has 0 amide bonds. The van der Waals surface area contributed by atoms with E-state index in [-0.39, 0.29) is 0 Å². The maximum Gasteiger partial charge on any atom is 0.0276 e. The summed E-state index contributed by atoms with van der Waals surface area (Å²) >= 11 is 0. The van der Waals surface area contributed by atoms with Crippen LogP contribution in [0.2, 0.25) is 0 Å². The van der Waals surface area contributed by atoms with E-state index in [0.717, 1.165) is 5.92 Å². The van der Waals surface area contributed by atoms with Gasteiger partial charge in [0.1, 0.15) is 0 Å². The summed E-state index contributed by atoms with van der Waals surface area (Å²) in [5, 5.41) is 0. The monoisotopic (exact) mass is 267 g/mol. The predicted octanol–water partition coefficient (Wildman–Crippen LogP) is 5.59. The van der Waals surface area contributed by atoms with Crippen LogP contribution >= 0.6 is 0 Å². The van der Waals surface area contributed by atoms with Crippen molar-refractivity contribution in [1.29, 1.82) is 0 Å². The Morgan fingerprint density at radius 1 is 1.00 bits per heavy atom. The summed E-state index contributed by atoms with van der Waals surface area (Å²) in [7, 11) is 0. The van der Waals surface area contributed by atoms with Gasteiger partial charge < -0.3 is 0 Å². The zero-order valence-electron chi connectivity index (χ0n) is 13.4. The topological polar surface area (TPSA) is 0 Å². The number of hydrogen-bond acceptors (Lipinski definition) is 0. The fourth-order valence-electron chi connectivity index (χ4n) is 3.97. The fourth-order valence-corrected chi connectivity index (χ4v) is 3.97. The van der Waals surface area contributed by atoms with Gasteiger partial charge >= 0.3 is 0 Å². The molecular weight excluding hydrogens is 240 g/mol. The predicted molar refractivity (Wildman–Crippen MR) is 87.7 cm³/mol. The van der Waals surface area contributed by atoms with Crippen LogP contribution in [0.5, 0.6) is 0 Å². The van der Waals surface area contributed by atoms with Crippen molar-refractivity contribution in [1.82, 2.24) is 0 Å². The van der Waals surface area contributed by atoms with Crippen molar-refractivity contribution < 1.29 is 0 Å². The minimum atomic E-state index is 0.541. The zero-order valence-corrected chi connectivity index (χ0v) is 13.4. The molecule has 0 spiro atoms. The summed E-state index contributed by atoms with van der Waals surface area (Å²) in [6.45, 7) is 9.34. The minimum absolute atomic E-state index is 0.541. The molecule has 1 aromatic carbocycles. The third-order valence-electron chi connectivity index (χ3n) is 5.44. The highest BCUT2D eigenvalue weighted by atomic mass is 14.4. The van der Waals surface area contributed by atoms with Crippen molar-refractivity contribution in [3.8, 4) is 0 Å². The van der Waals surface area contributed by atoms with Crippen molar-refractivity contribution in [3.05, 3.63) is 46.4 Å². The van der Waals surface area contributed by atoms with E-state index in [0.29, 0.717) is 5.41 Å². The molecule has 1 aromatic rings. The first-order valence-electron chi connectivity index (χ1n) is 8.27. The van der Waals surface area contributed by atoms with Crippen LogP contribution in [0.15, 0.2) is 18.2 Å². The van der Waals surface area contributed by atoms with Crippen LogP contribution in [0.25, 0.3) is 6.08 Å². The molecule has 0 unspecified atom stereocenters. The van der Waals surface area contributed by atoms with Crippen LogP contribution in [-0.4, -0.2) is 0 Å². The van der Waals surface area contributed by atoms with E-state index in [9.17, 15) is 0 Å². The van der Waals surface area contributed by atoms with E-state index >= 15 is 0 Å². The lowest BCUT2D eigenvalue weighted by Crippen LogP contribution is -2.18. The Morgan fingerprint density at radius 2 is 1.65 bits per heavy atom. The normalized spacial score (nSPS) is 19.6. The smallest absolute Gasteiger partial charge is 0.0276 e. The van der Waals surface area contributed by atoms with Crippen molar-refractivity contribution in [2.75, 3.05) is 0 Å². The quantitative estimate of drug-likeness (QED) is 0.667. The minimum Gasteiger partial charge on any atom is -0.0721 e. The van der Waals surface area contributed by atoms with Crippen LogP contribution in [0.3, 0.4) is 0 Å². The molecule has 0 bridgehead atoms. The number of rotatable bonds is 4. The molecule has 1 radical (unpaired) electrons. The first kappa shape index (κ1) is 13.9. The van der Waals surface area contributed by atoms with Crippen molar-refractivity contribution in [2.24, 2.45) is 11.3 Å². The lowest BCUT2D eigenvalue weighted by Gasteiger charge is -2.25. The molecule has 0 saturated heterocycles. The van der Waals surface area contributed by atoms with Gasteiger partial charge in [-0.2, -0.15) is 0 Å². The second-order valence-corrected chi connectivity index (χ2v) is 7.23. The first-order chi connectivity index (χ1) is 9.57. The van der Waals surface area contributed by atoms with Crippen LogP contribution in [0.4, 0.5) is 0 Å². The van der Waals surface area contributed by atoms with E-state index in [1.807, 2.05) is 0 Å². The fraction of sp³-hybridized carbons (Fsp3) is 0.550. The van der Waals surface area contributed by atoms with Crippen molar-refractivity contribution in [3.63, 3.8) is 0 Å². The van der Waals surface area contributed by atoms with Gasteiger partial charge in [-0.15, -0.1) is 0 Å². The highest BCUT2D eigenvalue weighted by Crippen LogP contribution is 2.45. The molecule has 0 N–H and O–H groups in total. The largest absolute Gasteiger partial charge is 0.0721 e. The van der Waals surface area contributed by atoms with Gasteiger partial charge in [0, 0.05) is 5.92 Å². The molecule has 0 aromatic heterocycles. The summed E-state index contributed by atoms with van der Waals surface area (Å²) in [6.07, 6.45) is 11.1. The Kier molecular flexibility index (Phi) is 3.52. The Morgan fingerprint density at radius 3 is 2.25 bits per heavy atom. The summed E-state index contributed by atoms with van der Waals surface area (Å²) in [6, 6.07) is 4.98. The molecule has 0 saturated carbocycles. The van der Waals surface area contributed by atoms with Gasteiger partial charge in [0.2, 0.25) is 0 Å². The van der Waals surface area contributed by atoms with E-state index in [2.05, 4.69) is 52.0 Å². The number of allylic oxidation sites excluding steroid dienone is 1. The third kappa shape index (κ3) is 2.24. The third-order valence-corrected chi connectivity index (χ3v) is 5.44.